The molecular weight excluding hydrogens is 355 g/mol. The standard InChI is InChI=1S/C22H21FN4O/c1-14-13-18(15(2)27(14)17-9-7-16(23)8-10-17)22(28)24-12-11-21-25-19-5-3-4-6-20(19)26-21/h3-10,13H,11-12H2,1-2H3,(H,24,28)(H,25,26). The van der Waals surface area contributed by atoms with E-state index in [1.807, 2.05) is 48.7 Å². The molecule has 1 amide bonds. The van der Waals surface area contributed by atoms with Gasteiger partial charge in [0.25, 0.3) is 5.91 Å². The minimum absolute atomic E-state index is 0.127. The monoisotopic (exact) mass is 376 g/mol. The van der Waals surface area contributed by atoms with Crippen LogP contribution in [0.25, 0.3) is 16.7 Å². The Bertz CT molecular complexity index is 1110. The molecule has 0 spiro atoms. The molecule has 4 rings (SSSR count). The number of hydrogen-bond acceptors (Lipinski definition) is 2. The van der Waals surface area contributed by atoms with Crippen LogP contribution in [0.2, 0.25) is 0 Å². The molecule has 2 heterocycles. The number of rotatable bonds is 5. The highest BCUT2D eigenvalue weighted by atomic mass is 19.1. The van der Waals surface area contributed by atoms with E-state index in [1.165, 1.54) is 12.1 Å². The molecule has 5 nitrogen and oxygen atoms in total. The average Bonchev–Trinajstić information content (AvgIpc) is 3.22. The second-order valence-corrected chi connectivity index (χ2v) is 6.80. The maximum Gasteiger partial charge on any atom is 0.253 e. The van der Waals surface area contributed by atoms with Crippen LogP contribution in [0.4, 0.5) is 4.39 Å². The third-order valence-electron chi connectivity index (χ3n) is 4.85. The van der Waals surface area contributed by atoms with Crippen molar-refractivity contribution in [3.63, 3.8) is 0 Å². The lowest BCUT2D eigenvalue weighted by Crippen LogP contribution is -2.26. The number of H-pyrrole nitrogens is 1. The molecule has 0 aliphatic carbocycles. The fraction of sp³-hybridized carbons (Fsp3) is 0.182. The van der Waals surface area contributed by atoms with Gasteiger partial charge in [-0.15, -0.1) is 0 Å². The summed E-state index contributed by atoms with van der Waals surface area (Å²) in [4.78, 5) is 20.4. The maximum atomic E-state index is 13.2. The first-order valence-corrected chi connectivity index (χ1v) is 9.19. The Morgan fingerprint density at radius 3 is 2.64 bits per heavy atom. The number of amides is 1. The Morgan fingerprint density at radius 1 is 1.14 bits per heavy atom. The van der Waals surface area contributed by atoms with E-state index in [-0.39, 0.29) is 11.7 Å². The Labute approximate surface area is 162 Å². The van der Waals surface area contributed by atoms with Gasteiger partial charge in [-0.3, -0.25) is 4.79 Å². The van der Waals surface area contributed by atoms with Crippen LogP contribution in [0.15, 0.2) is 54.6 Å². The third kappa shape index (κ3) is 3.41. The molecule has 0 saturated heterocycles. The van der Waals surface area contributed by atoms with Gasteiger partial charge in [0, 0.05) is 30.0 Å². The number of imidazole rings is 1. The summed E-state index contributed by atoms with van der Waals surface area (Å²) in [6.45, 7) is 4.31. The number of aryl methyl sites for hydroxylation is 1. The van der Waals surface area contributed by atoms with Crippen molar-refractivity contribution < 1.29 is 9.18 Å². The molecule has 2 N–H and O–H groups in total. The first kappa shape index (κ1) is 18.0. The Morgan fingerprint density at radius 2 is 1.89 bits per heavy atom. The summed E-state index contributed by atoms with van der Waals surface area (Å²) < 4.78 is 15.2. The van der Waals surface area contributed by atoms with Crippen LogP contribution in [0, 0.1) is 19.7 Å². The Balaban J connectivity index is 1.46. The topological polar surface area (TPSA) is 62.7 Å². The molecule has 0 aliphatic rings. The van der Waals surface area contributed by atoms with Crippen LogP contribution in [0.1, 0.15) is 27.6 Å². The molecule has 0 aliphatic heterocycles. The number of nitrogens with one attached hydrogen (secondary N) is 2. The minimum atomic E-state index is -0.283. The van der Waals surface area contributed by atoms with Crippen molar-refractivity contribution in [2.45, 2.75) is 20.3 Å². The highest BCUT2D eigenvalue weighted by Gasteiger charge is 2.16. The van der Waals surface area contributed by atoms with E-state index in [0.717, 1.165) is 33.9 Å². The number of aromatic nitrogens is 3. The van der Waals surface area contributed by atoms with Gasteiger partial charge in [0.15, 0.2) is 0 Å². The van der Waals surface area contributed by atoms with Crippen LogP contribution in [0.5, 0.6) is 0 Å². The van der Waals surface area contributed by atoms with Gasteiger partial charge in [0.05, 0.1) is 16.6 Å². The first-order valence-electron chi connectivity index (χ1n) is 9.19. The van der Waals surface area contributed by atoms with Gasteiger partial charge < -0.3 is 14.9 Å². The van der Waals surface area contributed by atoms with Crippen LogP contribution in [-0.4, -0.2) is 27.0 Å². The molecule has 0 unspecified atom stereocenters. The number of para-hydroxylation sites is 2. The molecular formula is C22H21FN4O. The Hall–Kier alpha value is -3.41. The summed E-state index contributed by atoms with van der Waals surface area (Å²) in [5.41, 5.74) is 5.11. The molecule has 6 heteroatoms. The van der Waals surface area contributed by atoms with Crippen molar-refractivity contribution in [2.75, 3.05) is 6.54 Å². The summed E-state index contributed by atoms with van der Waals surface area (Å²) in [7, 11) is 0. The quantitative estimate of drug-likeness (QED) is 0.551. The number of carbonyl (C=O) groups is 1. The molecule has 0 saturated carbocycles. The maximum absolute atomic E-state index is 13.2. The zero-order valence-corrected chi connectivity index (χ0v) is 15.8. The Kier molecular flexibility index (Phi) is 4.69. The molecule has 0 atom stereocenters. The molecule has 142 valence electrons. The molecule has 4 aromatic rings. The third-order valence-corrected chi connectivity index (χ3v) is 4.85. The van der Waals surface area contributed by atoms with Crippen molar-refractivity contribution in [3.05, 3.63) is 83.2 Å². The van der Waals surface area contributed by atoms with Gasteiger partial charge in [-0.05, 0) is 56.3 Å². The lowest BCUT2D eigenvalue weighted by atomic mass is 10.2. The molecule has 0 fully saturated rings. The summed E-state index contributed by atoms with van der Waals surface area (Å²) in [6, 6.07) is 16.0. The van der Waals surface area contributed by atoms with E-state index in [4.69, 9.17) is 0 Å². The second kappa shape index (κ2) is 7.31. The number of nitrogens with zero attached hydrogens (tertiary/aromatic N) is 2. The first-order chi connectivity index (χ1) is 13.5. The highest BCUT2D eigenvalue weighted by Crippen LogP contribution is 2.21. The lowest BCUT2D eigenvalue weighted by Gasteiger charge is -2.10. The zero-order chi connectivity index (χ0) is 19.7. The van der Waals surface area contributed by atoms with Gasteiger partial charge >= 0.3 is 0 Å². The number of fused-ring (bicyclic) bond motifs is 1. The minimum Gasteiger partial charge on any atom is -0.352 e. The van der Waals surface area contributed by atoms with Crippen molar-refractivity contribution in [2.24, 2.45) is 0 Å². The van der Waals surface area contributed by atoms with Crippen molar-refractivity contribution in [1.82, 2.24) is 19.9 Å². The fourth-order valence-electron chi connectivity index (χ4n) is 3.49. The fourth-order valence-corrected chi connectivity index (χ4v) is 3.49. The van der Waals surface area contributed by atoms with Crippen LogP contribution in [-0.2, 0) is 6.42 Å². The van der Waals surface area contributed by atoms with Gasteiger partial charge in [0.1, 0.15) is 11.6 Å². The summed E-state index contributed by atoms with van der Waals surface area (Å²) >= 11 is 0. The number of carbonyl (C=O) groups excluding carboxylic acids is 1. The van der Waals surface area contributed by atoms with Gasteiger partial charge in [-0.2, -0.15) is 0 Å². The van der Waals surface area contributed by atoms with E-state index in [1.54, 1.807) is 12.1 Å². The number of hydrogen-bond donors (Lipinski definition) is 2. The van der Waals surface area contributed by atoms with Crippen LogP contribution < -0.4 is 5.32 Å². The summed E-state index contributed by atoms with van der Waals surface area (Å²) in [6.07, 6.45) is 0.622. The predicted octanol–water partition coefficient (Wildman–Crippen LogP) is 4.08. The van der Waals surface area contributed by atoms with Gasteiger partial charge in [0.2, 0.25) is 0 Å². The van der Waals surface area contributed by atoms with E-state index in [0.29, 0.717) is 18.5 Å². The molecule has 0 bridgehead atoms. The molecule has 28 heavy (non-hydrogen) atoms. The molecule has 0 radical (unpaired) electrons. The number of halogens is 1. The van der Waals surface area contributed by atoms with Crippen LogP contribution in [0.3, 0.4) is 0 Å². The van der Waals surface area contributed by atoms with Gasteiger partial charge in [-0.25, -0.2) is 9.37 Å². The molecule has 2 aromatic carbocycles. The van der Waals surface area contributed by atoms with E-state index in [9.17, 15) is 9.18 Å². The number of aromatic amines is 1. The normalized spacial score (nSPS) is 11.1. The average molecular weight is 376 g/mol. The smallest absolute Gasteiger partial charge is 0.253 e. The number of benzene rings is 2. The lowest BCUT2D eigenvalue weighted by molar-refractivity contribution is 0.0953. The van der Waals surface area contributed by atoms with E-state index < -0.39 is 0 Å². The van der Waals surface area contributed by atoms with E-state index in [2.05, 4.69) is 15.3 Å². The largest absolute Gasteiger partial charge is 0.352 e. The van der Waals surface area contributed by atoms with Crippen molar-refractivity contribution >= 4 is 16.9 Å². The molecule has 2 aromatic heterocycles. The SMILES string of the molecule is Cc1cc(C(=O)NCCc2nc3ccccc3[nH]2)c(C)n1-c1ccc(F)cc1. The highest BCUT2D eigenvalue weighted by molar-refractivity contribution is 5.95. The summed E-state index contributed by atoms with van der Waals surface area (Å²) in [5, 5.41) is 2.96. The van der Waals surface area contributed by atoms with Gasteiger partial charge in [-0.1, -0.05) is 12.1 Å². The van der Waals surface area contributed by atoms with Crippen LogP contribution >= 0.6 is 0 Å². The predicted molar refractivity (Wildman–Crippen MR) is 107 cm³/mol. The zero-order valence-electron chi connectivity index (χ0n) is 15.8. The van der Waals surface area contributed by atoms with Crippen molar-refractivity contribution in [1.29, 1.82) is 0 Å². The second-order valence-electron chi connectivity index (χ2n) is 6.80. The van der Waals surface area contributed by atoms with Crippen molar-refractivity contribution in [3.8, 4) is 5.69 Å². The summed E-state index contributed by atoms with van der Waals surface area (Å²) in [5.74, 6) is 0.436. The van der Waals surface area contributed by atoms with E-state index >= 15 is 0 Å².